The van der Waals surface area contributed by atoms with Crippen molar-refractivity contribution < 1.29 is 4.39 Å². The number of nitrogens with two attached hydrogens (primary N) is 1. The second-order valence-electron chi connectivity index (χ2n) is 5.16. The molecule has 0 bridgehead atoms. The Kier molecular flexibility index (Phi) is 4.60. The summed E-state index contributed by atoms with van der Waals surface area (Å²) in [6.07, 6.45) is 2.28. The van der Waals surface area contributed by atoms with Crippen molar-refractivity contribution in [3.8, 4) is 0 Å². The first-order valence-corrected chi connectivity index (χ1v) is 6.86. The lowest BCUT2D eigenvalue weighted by Gasteiger charge is -2.37. The van der Waals surface area contributed by atoms with Crippen molar-refractivity contribution in [1.29, 1.82) is 0 Å². The lowest BCUT2D eigenvalue weighted by Crippen LogP contribution is -2.43. The fraction of sp³-hybridized carbons (Fsp3) is 0.571. The van der Waals surface area contributed by atoms with Crippen LogP contribution in [-0.4, -0.2) is 24.0 Å². The quantitative estimate of drug-likeness (QED) is 0.915. The van der Waals surface area contributed by atoms with E-state index in [9.17, 15) is 4.39 Å². The second-order valence-corrected chi connectivity index (χ2v) is 5.56. The summed E-state index contributed by atoms with van der Waals surface area (Å²) in [7, 11) is 0. The van der Waals surface area contributed by atoms with Crippen molar-refractivity contribution in [2.75, 3.05) is 13.1 Å². The van der Waals surface area contributed by atoms with Gasteiger partial charge < -0.3 is 5.73 Å². The highest BCUT2D eigenvalue weighted by Crippen LogP contribution is 2.26. The minimum atomic E-state index is -0.218. The van der Waals surface area contributed by atoms with Gasteiger partial charge >= 0.3 is 0 Å². The summed E-state index contributed by atoms with van der Waals surface area (Å²) < 4.78 is 13.8. The molecule has 2 unspecified atom stereocenters. The molecule has 1 aromatic carbocycles. The van der Waals surface area contributed by atoms with Crippen LogP contribution in [0.1, 0.15) is 25.3 Å². The van der Waals surface area contributed by atoms with Gasteiger partial charge in [-0.2, -0.15) is 0 Å². The monoisotopic (exact) mass is 270 g/mol. The van der Waals surface area contributed by atoms with E-state index in [1.165, 1.54) is 12.5 Å². The van der Waals surface area contributed by atoms with Crippen LogP contribution < -0.4 is 5.73 Å². The van der Waals surface area contributed by atoms with Gasteiger partial charge in [-0.1, -0.05) is 17.7 Å². The largest absolute Gasteiger partial charge is 0.330 e. The van der Waals surface area contributed by atoms with Gasteiger partial charge in [-0.3, -0.25) is 4.90 Å². The number of rotatable bonds is 3. The molecular formula is C14H20ClFN2. The van der Waals surface area contributed by atoms with Crippen molar-refractivity contribution in [3.63, 3.8) is 0 Å². The van der Waals surface area contributed by atoms with Gasteiger partial charge in [0.15, 0.2) is 0 Å². The van der Waals surface area contributed by atoms with Gasteiger partial charge in [0.25, 0.3) is 0 Å². The van der Waals surface area contributed by atoms with Crippen LogP contribution in [0.3, 0.4) is 0 Å². The molecule has 0 saturated carbocycles. The van der Waals surface area contributed by atoms with E-state index < -0.39 is 0 Å². The van der Waals surface area contributed by atoms with Gasteiger partial charge in [0.1, 0.15) is 5.82 Å². The predicted octanol–water partition coefficient (Wildman–Crippen LogP) is 3.04. The maximum atomic E-state index is 13.8. The number of nitrogens with zero attached hydrogens (tertiary/aromatic N) is 1. The van der Waals surface area contributed by atoms with Gasteiger partial charge in [-0.05, 0) is 44.4 Å². The molecule has 1 saturated heterocycles. The van der Waals surface area contributed by atoms with Crippen LogP contribution in [0.4, 0.5) is 4.39 Å². The smallest absolute Gasteiger partial charge is 0.129 e. The number of hydrogen-bond donors (Lipinski definition) is 1. The second kappa shape index (κ2) is 6.00. The van der Waals surface area contributed by atoms with E-state index in [1.54, 1.807) is 12.1 Å². The van der Waals surface area contributed by atoms with Crippen LogP contribution in [-0.2, 0) is 6.54 Å². The van der Waals surface area contributed by atoms with Gasteiger partial charge in [0, 0.05) is 29.7 Å². The Morgan fingerprint density at radius 1 is 1.44 bits per heavy atom. The Morgan fingerprint density at radius 3 is 2.89 bits per heavy atom. The molecule has 0 amide bonds. The third-order valence-corrected chi connectivity index (χ3v) is 4.22. The first kappa shape index (κ1) is 13.8. The van der Waals surface area contributed by atoms with E-state index in [0.29, 0.717) is 35.6 Å². The zero-order valence-corrected chi connectivity index (χ0v) is 11.5. The van der Waals surface area contributed by atoms with Crippen molar-refractivity contribution >= 4 is 11.6 Å². The van der Waals surface area contributed by atoms with E-state index in [2.05, 4.69) is 11.8 Å². The van der Waals surface area contributed by atoms with E-state index in [1.807, 2.05) is 0 Å². The summed E-state index contributed by atoms with van der Waals surface area (Å²) in [5.41, 5.74) is 6.34. The van der Waals surface area contributed by atoms with E-state index in [4.69, 9.17) is 17.3 Å². The Hall–Kier alpha value is -0.640. The minimum absolute atomic E-state index is 0.218. The molecule has 0 aromatic heterocycles. The third kappa shape index (κ3) is 3.02. The van der Waals surface area contributed by atoms with Crippen LogP contribution in [0.5, 0.6) is 0 Å². The fourth-order valence-corrected chi connectivity index (χ4v) is 2.78. The van der Waals surface area contributed by atoms with Crippen molar-refractivity contribution in [2.24, 2.45) is 11.7 Å². The summed E-state index contributed by atoms with van der Waals surface area (Å²) in [5, 5.41) is 0.511. The molecule has 2 N–H and O–H groups in total. The molecule has 1 aliphatic heterocycles. The molecule has 0 spiro atoms. The highest BCUT2D eigenvalue weighted by atomic mass is 35.5. The van der Waals surface area contributed by atoms with Crippen LogP contribution >= 0.6 is 11.6 Å². The Labute approximate surface area is 113 Å². The zero-order chi connectivity index (χ0) is 13.1. The normalized spacial score (nSPS) is 25.3. The summed E-state index contributed by atoms with van der Waals surface area (Å²) in [6, 6.07) is 5.32. The molecule has 0 radical (unpaired) electrons. The summed E-state index contributed by atoms with van der Waals surface area (Å²) in [5.74, 6) is 0.302. The predicted molar refractivity (Wildman–Crippen MR) is 73.1 cm³/mol. The van der Waals surface area contributed by atoms with Crippen LogP contribution in [0.25, 0.3) is 0 Å². The van der Waals surface area contributed by atoms with Crippen LogP contribution in [0.2, 0.25) is 5.02 Å². The number of hydrogen-bond acceptors (Lipinski definition) is 2. The standard InChI is InChI=1S/C14H20ClFN2/c1-10-5-6-11(7-17)8-18(10)9-12-13(15)3-2-4-14(12)16/h2-4,10-11H,5-9,17H2,1H3. The molecule has 100 valence electrons. The fourth-order valence-electron chi connectivity index (χ4n) is 2.56. The van der Waals surface area contributed by atoms with E-state index in [-0.39, 0.29) is 5.82 Å². The molecule has 4 heteroatoms. The van der Waals surface area contributed by atoms with Crippen LogP contribution in [0.15, 0.2) is 18.2 Å². The average Bonchev–Trinajstić information content (AvgIpc) is 2.36. The molecular weight excluding hydrogens is 251 g/mol. The van der Waals surface area contributed by atoms with Crippen molar-refractivity contribution in [3.05, 3.63) is 34.6 Å². The molecule has 1 aliphatic rings. The maximum absolute atomic E-state index is 13.8. The van der Waals surface area contributed by atoms with Crippen molar-refractivity contribution in [1.82, 2.24) is 4.90 Å². The number of likely N-dealkylation sites (tertiary alicyclic amines) is 1. The zero-order valence-electron chi connectivity index (χ0n) is 10.7. The molecule has 2 atom stereocenters. The first-order chi connectivity index (χ1) is 8.61. The molecule has 1 fully saturated rings. The first-order valence-electron chi connectivity index (χ1n) is 6.48. The topological polar surface area (TPSA) is 29.3 Å². The number of benzene rings is 1. The maximum Gasteiger partial charge on any atom is 0.129 e. The number of halogens is 2. The Bertz CT molecular complexity index is 391. The highest BCUT2D eigenvalue weighted by Gasteiger charge is 2.25. The summed E-state index contributed by atoms with van der Waals surface area (Å²) >= 11 is 6.08. The molecule has 1 heterocycles. The Morgan fingerprint density at radius 2 is 2.22 bits per heavy atom. The molecule has 2 nitrogen and oxygen atoms in total. The molecule has 2 rings (SSSR count). The highest BCUT2D eigenvalue weighted by molar-refractivity contribution is 6.31. The lowest BCUT2D eigenvalue weighted by atomic mass is 9.93. The van der Waals surface area contributed by atoms with E-state index in [0.717, 1.165) is 13.0 Å². The SMILES string of the molecule is CC1CCC(CN)CN1Cc1c(F)cccc1Cl. The van der Waals surface area contributed by atoms with Gasteiger partial charge in [0.2, 0.25) is 0 Å². The molecule has 1 aromatic rings. The summed E-state index contributed by atoms with van der Waals surface area (Å²) in [4.78, 5) is 2.28. The van der Waals surface area contributed by atoms with Gasteiger partial charge in [-0.25, -0.2) is 4.39 Å². The number of piperidine rings is 1. The van der Waals surface area contributed by atoms with Crippen molar-refractivity contribution in [2.45, 2.75) is 32.4 Å². The Balaban J connectivity index is 2.12. The minimum Gasteiger partial charge on any atom is -0.330 e. The summed E-state index contributed by atoms with van der Waals surface area (Å²) in [6.45, 7) is 4.39. The van der Waals surface area contributed by atoms with Gasteiger partial charge in [-0.15, -0.1) is 0 Å². The van der Waals surface area contributed by atoms with Crippen LogP contribution in [0, 0.1) is 11.7 Å². The average molecular weight is 271 g/mol. The lowest BCUT2D eigenvalue weighted by molar-refractivity contribution is 0.112. The molecule has 0 aliphatic carbocycles. The van der Waals surface area contributed by atoms with E-state index >= 15 is 0 Å². The molecule has 18 heavy (non-hydrogen) atoms. The third-order valence-electron chi connectivity index (χ3n) is 3.86. The van der Waals surface area contributed by atoms with Gasteiger partial charge in [0.05, 0.1) is 0 Å².